The van der Waals surface area contributed by atoms with Crippen molar-refractivity contribution >= 4 is 21.6 Å². The molecule has 1 fully saturated rings. The number of halogens is 1. The Kier molecular flexibility index (Phi) is 4.07. The first-order valence-electron chi connectivity index (χ1n) is 6.72. The van der Waals surface area contributed by atoms with Gasteiger partial charge in [0.2, 0.25) is 10.0 Å². The Hall–Kier alpha value is -1.64. The van der Waals surface area contributed by atoms with Crippen molar-refractivity contribution in [3.63, 3.8) is 0 Å². The molecule has 118 valence electrons. The molecule has 1 aliphatic heterocycles. The Morgan fingerprint density at radius 2 is 2.05 bits per heavy atom. The maximum absolute atomic E-state index is 12.8. The third kappa shape index (κ3) is 2.69. The molecule has 7 nitrogen and oxygen atoms in total. The Balaban J connectivity index is 1.90. The molecular formula is C13H15ClN4O3S. The maximum Gasteiger partial charge on any atom is 0.246 e. The minimum absolute atomic E-state index is 0.0602. The summed E-state index contributed by atoms with van der Waals surface area (Å²) in [5.41, 5.74) is 0. The molecule has 0 bridgehead atoms. The van der Waals surface area contributed by atoms with Crippen molar-refractivity contribution in [3.8, 4) is 5.75 Å². The predicted octanol–water partition coefficient (Wildman–Crippen LogP) is 1.58. The number of aromatic nitrogens is 3. The highest BCUT2D eigenvalue weighted by Gasteiger charge is 2.35. The smallest absolute Gasteiger partial charge is 0.246 e. The lowest BCUT2D eigenvalue weighted by molar-refractivity contribution is 0.390. The predicted molar refractivity (Wildman–Crippen MR) is 80.4 cm³/mol. The normalized spacial score (nSPS) is 19.5. The first-order valence-corrected chi connectivity index (χ1v) is 8.53. The molecule has 1 atom stereocenters. The second-order valence-corrected chi connectivity index (χ2v) is 7.29. The Labute approximate surface area is 133 Å². The molecule has 0 N–H and O–H groups in total. The summed E-state index contributed by atoms with van der Waals surface area (Å²) in [5, 5.41) is 8.50. The standard InChI is InChI=1S/C13H15ClN4O3S/c1-21-12-3-2-10(14)8-13(12)22(19,20)17-7-4-11(9-17)18-15-5-6-16-18/h2-3,5-6,8,11H,4,7,9H2,1H3/t11-/m1/s1. The van der Waals surface area contributed by atoms with E-state index in [-0.39, 0.29) is 16.7 Å². The summed E-state index contributed by atoms with van der Waals surface area (Å²) in [6.07, 6.45) is 3.82. The van der Waals surface area contributed by atoms with E-state index in [0.29, 0.717) is 24.5 Å². The van der Waals surface area contributed by atoms with E-state index in [1.54, 1.807) is 29.3 Å². The van der Waals surface area contributed by atoms with Crippen LogP contribution in [-0.4, -0.2) is 47.9 Å². The molecule has 0 amide bonds. The fraction of sp³-hybridized carbons (Fsp3) is 0.385. The molecule has 1 aromatic carbocycles. The van der Waals surface area contributed by atoms with E-state index >= 15 is 0 Å². The van der Waals surface area contributed by atoms with Crippen molar-refractivity contribution in [2.24, 2.45) is 0 Å². The average molecular weight is 343 g/mol. The van der Waals surface area contributed by atoms with Crippen LogP contribution in [0.25, 0.3) is 0 Å². The fourth-order valence-corrected chi connectivity index (χ4v) is 4.43. The van der Waals surface area contributed by atoms with Crippen LogP contribution in [0.2, 0.25) is 5.02 Å². The number of hydrogen-bond donors (Lipinski definition) is 0. The summed E-state index contributed by atoms with van der Waals surface area (Å²) in [5.74, 6) is 0.282. The molecule has 2 aromatic rings. The molecule has 9 heteroatoms. The van der Waals surface area contributed by atoms with Crippen molar-refractivity contribution in [1.82, 2.24) is 19.3 Å². The Bertz CT molecular complexity index is 764. The lowest BCUT2D eigenvalue weighted by atomic mass is 10.3. The SMILES string of the molecule is COc1ccc(Cl)cc1S(=O)(=O)N1CC[C@@H](n2nccn2)C1. The van der Waals surface area contributed by atoms with Crippen LogP contribution in [0.3, 0.4) is 0 Å². The zero-order chi connectivity index (χ0) is 15.7. The third-order valence-electron chi connectivity index (χ3n) is 3.63. The van der Waals surface area contributed by atoms with Gasteiger partial charge in [-0.3, -0.25) is 0 Å². The van der Waals surface area contributed by atoms with Crippen LogP contribution in [0.4, 0.5) is 0 Å². The molecule has 1 saturated heterocycles. The number of rotatable bonds is 4. The van der Waals surface area contributed by atoms with Gasteiger partial charge < -0.3 is 4.74 Å². The van der Waals surface area contributed by atoms with E-state index in [1.165, 1.54) is 17.5 Å². The quantitative estimate of drug-likeness (QED) is 0.843. The van der Waals surface area contributed by atoms with Crippen LogP contribution < -0.4 is 4.74 Å². The van der Waals surface area contributed by atoms with Gasteiger partial charge in [0.15, 0.2) is 0 Å². The number of nitrogens with zero attached hydrogens (tertiary/aromatic N) is 4. The fourth-order valence-electron chi connectivity index (χ4n) is 2.52. The Morgan fingerprint density at radius 1 is 1.32 bits per heavy atom. The van der Waals surface area contributed by atoms with Crippen LogP contribution in [0.15, 0.2) is 35.5 Å². The number of benzene rings is 1. The van der Waals surface area contributed by atoms with Crippen molar-refractivity contribution in [3.05, 3.63) is 35.6 Å². The van der Waals surface area contributed by atoms with E-state index in [1.807, 2.05) is 0 Å². The van der Waals surface area contributed by atoms with Crippen LogP contribution in [0, 0.1) is 0 Å². The van der Waals surface area contributed by atoms with E-state index in [0.717, 1.165) is 0 Å². The molecule has 0 saturated carbocycles. The van der Waals surface area contributed by atoms with Gasteiger partial charge in [-0.15, -0.1) is 0 Å². The maximum atomic E-state index is 12.8. The molecular weight excluding hydrogens is 328 g/mol. The van der Waals surface area contributed by atoms with E-state index in [9.17, 15) is 8.42 Å². The molecule has 3 rings (SSSR count). The molecule has 22 heavy (non-hydrogen) atoms. The van der Waals surface area contributed by atoms with Gasteiger partial charge in [-0.05, 0) is 24.6 Å². The van der Waals surface area contributed by atoms with E-state index in [2.05, 4.69) is 10.2 Å². The number of methoxy groups -OCH3 is 1. The van der Waals surface area contributed by atoms with Gasteiger partial charge in [-0.25, -0.2) is 8.42 Å². The van der Waals surface area contributed by atoms with E-state index in [4.69, 9.17) is 16.3 Å². The largest absolute Gasteiger partial charge is 0.495 e. The van der Waals surface area contributed by atoms with Gasteiger partial charge in [-0.1, -0.05) is 11.6 Å². The minimum atomic E-state index is -3.67. The van der Waals surface area contributed by atoms with Gasteiger partial charge in [-0.2, -0.15) is 19.3 Å². The second kappa shape index (κ2) is 5.86. The molecule has 0 spiro atoms. The van der Waals surface area contributed by atoms with Crippen molar-refractivity contribution in [1.29, 1.82) is 0 Å². The van der Waals surface area contributed by atoms with Crippen LogP contribution in [0.5, 0.6) is 5.75 Å². The van der Waals surface area contributed by atoms with Gasteiger partial charge in [0.1, 0.15) is 10.6 Å². The third-order valence-corrected chi connectivity index (χ3v) is 5.75. The monoisotopic (exact) mass is 342 g/mol. The second-order valence-electron chi connectivity index (χ2n) is 4.95. The first-order chi connectivity index (χ1) is 10.5. The van der Waals surface area contributed by atoms with Gasteiger partial charge >= 0.3 is 0 Å². The van der Waals surface area contributed by atoms with Crippen molar-refractivity contribution in [2.45, 2.75) is 17.4 Å². The van der Waals surface area contributed by atoms with Crippen molar-refractivity contribution in [2.75, 3.05) is 20.2 Å². The summed E-state index contributed by atoms with van der Waals surface area (Å²) in [4.78, 5) is 1.63. The number of ether oxygens (including phenoxy) is 1. The van der Waals surface area contributed by atoms with E-state index < -0.39 is 10.0 Å². The topological polar surface area (TPSA) is 77.3 Å². The highest BCUT2D eigenvalue weighted by Crippen LogP contribution is 2.32. The first kappa shape index (κ1) is 15.3. The highest BCUT2D eigenvalue weighted by atomic mass is 35.5. The summed E-state index contributed by atoms with van der Waals surface area (Å²) in [7, 11) is -2.24. The number of hydrogen-bond acceptors (Lipinski definition) is 5. The average Bonchev–Trinajstić information content (AvgIpc) is 3.18. The lowest BCUT2D eigenvalue weighted by Crippen LogP contribution is -2.30. The van der Waals surface area contributed by atoms with Gasteiger partial charge in [0.25, 0.3) is 0 Å². The summed E-state index contributed by atoms with van der Waals surface area (Å²) in [6.45, 7) is 0.733. The summed E-state index contributed by atoms with van der Waals surface area (Å²) < 4.78 is 32.2. The summed E-state index contributed by atoms with van der Waals surface area (Å²) >= 11 is 5.93. The Morgan fingerprint density at radius 3 is 2.73 bits per heavy atom. The molecule has 2 heterocycles. The number of sulfonamides is 1. The lowest BCUT2D eigenvalue weighted by Gasteiger charge is -2.18. The summed E-state index contributed by atoms with van der Waals surface area (Å²) in [6, 6.07) is 4.50. The zero-order valence-corrected chi connectivity index (χ0v) is 13.5. The van der Waals surface area contributed by atoms with Crippen LogP contribution >= 0.6 is 11.6 Å². The van der Waals surface area contributed by atoms with Crippen molar-refractivity contribution < 1.29 is 13.2 Å². The highest BCUT2D eigenvalue weighted by molar-refractivity contribution is 7.89. The molecule has 0 radical (unpaired) electrons. The molecule has 0 aliphatic carbocycles. The molecule has 0 unspecified atom stereocenters. The van der Waals surface area contributed by atoms with Gasteiger partial charge in [0, 0.05) is 18.1 Å². The minimum Gasteiger partial charge on any atom is -0.495 e. The van der Waals surface area contributed by atoms with Crippen LogP contribution in [-0.2, 0) is 10.0 Å². The molecule has 1 aromatic heterocycles. The van der Waals surface area contributed by atoms with Gasteiger partial charge in [0.05, 0.1) is 25.5 Å². The zero-order valence-electron chi connectivity index (χ0n) is 11.9. The molecule has 1 aliphatic rings. The van der Waals surface area contributed by atoms with Crippen LogP contribution in [0.1, 0.15) is 12.5 Å².